The van der Waals surface area contributed by atoms with Crippen LogP contribution < -0.4 is 10.7 Å². The smallest absolute Gasteiger partial charge is 0.259 e. The molecule has 22 heavy (non-hydrogen) atoms. The lowest BCUT2D eigenvalue weighted by Crippen LogP contribution is -2.26. The Hall–Kier alpha value is -2.04. The molecule has 0 fully saturated rings. The van der Waals surface area contributed by atoms with E-state index in [1.54, 1.807) is 25.1 Å². The summed E-state index contributed by atoms with van der Waals surface area (Å²) in [6.07, 6.45) is 0. The Kier molecular flexibility index (Phi) is 5.81. The van der Waals surface area contributed by atoms with Gasteiger partial charge in [0.25, 0.3) is 5.91 Å². The third-order valence-electron chi connectivity index (χ3n) is 2.91. The van der Waals surface area contributed by atoms with Crippen LogP contribution in [0.3, 0.4) is 0 Å². The Morgan fingerprint density at radius 1 is 1.09 bits per heavy atom. The molecule has 2 rings (SSSR count). The van der Waals surface area contributed by atoms with Crippen LogP contribution in [-0.2, 0) is 4.79 Å². The number of carbonyl (C=O) groups is 1. The second kappa shape index (κ2) is 7.82. The van der Waals surface area contributed by atoms with Crippen molar-refractivity contribution in [3.63, 3.8) is 0 Å². The highest BCUT2D eigenvalue weighted by Gasteiger charge is 2.04. The van der Waals surface area contributed by atoms with Crippen LogP contribution in [-0.4, -0.2) is 18.2 Å². The molecule has 2 N–H and O–H groups in total. The maximum absolute atomic E-state index is 11.7. The van der Waals surface area contributed by atoms with E-state index in [2.05, 4.69) is 15.8 Å². The fourth-order valence-electron chi connectivity index (χ4n) is 1.71. The fraction of sp³-hybridized carbons (Fsp3) is 0.125. The molecule has 6 heteroatoms. The molecule has 0 spiro atoms. The second-order valence-corrected chi connectivity index (χ2v) is 5.40. The Bertz CT molecular complexity index is 687. The molecule has 0 atom stereocenters. The van der Waals surface area contributed by atoms with Gasteiger partial charge in [0.1, 0.15) is 0 Å². The zero-order valence-electron chi connectivity index (χ0n) is 11.9. The number of nitrogens with one attached hydrogen (secondary N) is 2. The second-order valence-electron chi connectivity index (χ2n) is 4.58. The van der Waals surface area contributed by atoms with Gasteiger partial charge >= 0.3 is 0 Å². The summed E-state index contributed by atoms with van der Waals surface area (Å²) in [7, 11) is 0. The van der Waals surface area contributed by atoms with Crippen molar-refractivity contribution >= 4 is 40.5 Å². The van der Waals surface area contributed by atoms with Crippen LogP contribution in [0.1, 0.15) is 12.5 Å². The minimum atomic E-state index is -0.233. The molecule has 2 aromatic carbocycles. The maximum Gasteiger partial charge on any atom is 0.259 e. The van der Waals surface area contributed by atoms with E-state index in [9.17, 15) is 4.79 Å². The van der Waals surface area contributed by atoms with Crippen molar-refractivity contribution < 1.29 is 4.79 Å². The number of hydrogen-bond donors (Lipinski definition) is 2. The van der Waals surface area contributed by atoms with Crippen LogP contribution in [0.5, 0.6) is 0 Å². The average molecular weight is 336 g/mol. The third kappa shape index (κ3) is 4.76. The zero-order valence-corrected chi connectivity index (χ0v) is 13.4. The molecule has 4 nitrogen and oxygen atoms in total. The predicted octanol–water partition coefficient (Wildman–Crippen LogP) is 3.95. The Morgan fingerprint density at radius 3 is 2.50 bits per heavy atom. The van der Waals surface area contributed by atoms with E-state index in [0.717, 1.165) is 11.3 Å². The minimum Gasteiger partial charge on any atom is -0.376 e. The van der Waals surface area contributed by atoms with Crippen LogP contribution in [0, 0.1) is 0 Å². The maximum atomic E-state index is 11.7. The lowest BCUT2D eigenvalue weighted by molar-refractivity contribution is -0.119. The first-order valence-electron chi connectivity index (χ1n) is 6.64. The molecule has 0 unspecified atom stereocenters. The van der Waals surface area contributed by atoms with Gasteiger partial charge < -0.3 is 5.32 Å². The van der Waals surface area contributed by atoms with E-state index in [4.69, 9.17) is 23.2 Å². The number of rotatable bonds is 5. The molecular formula is C16H15Cl2N3O. The standard InChI is InChI=1S/C16H15Cl2N3O/c1-11(12-7-8-14(17)15(18)9-12)20-21-16(22)10-19-13-5-3-2-4-6-13/h2-9,19H,10H2,1H3,(H,21,22)/b20-11+. The number of para-hydroxylation sites is 1. The van der Waals surface area contributed by atoms with Crippen molar-refractivity contribution in [2.75, 3.05) is 11.9 Å². The number of amides is 1. The van der Waals surface area contributed by atoms with Gasteiger partial charge in [0.05, 0.1) is 22.3 Å². The molecule has 0 aliphatic heterocycles. The summed E-state index contributed by atoms with van der Waals surface area (Å²) >= 11 is 11.8. The number of hydrogen-bond acceptors (Lipinski definition) is 3. The van der Waals surface area contributed by atoms with E-state index in [1.165, 1.54) is 0 Å². The van der Waals surface area contributed by atoms with E-state index in [-0.39, 0.29) is 12.5 Å². The lowest BCUT2D eigenvalue weighted by atomic mass is 10.1. The molecule has 0 aliphatic rings. The predicted molar refractivity (Wildman–Crippen MR) is 91.7 cm³/mol. The Balaban J connectivity index is 1.90. The number of anilines is 1. The summed E-state index contributed by atoms with van der Waals surface area (Å²) in [5.41, 5.74) is 4.82. The summed E-state index contributed by atoms with van der Waals surface area (Å²) in [6, 6.07) is 14.7. The molecule has 0 heterocycles. The van der Waals surface area contributed by atoms with E-state index in [1.807, 2.05) is 30.3 Å². The van der Waals surface area contributed by atoms with Gasteiger partial charge in [-0.3, -0.25) is 4.79 Å². The van der Waals surface area contributed by atoms with Crippen molar-refractivity contribution in [2.45, 2.75) is 6.92 Å². The summed E-state index contributed by atoms with van der Waals surface area (Å²) in [5.74, 6) is -0.233. The van der Waals surface area contributed by atoms with Crippen molar-refractivity contribution in [3.05, 3.63) is 64.1 Å². The summed E-state index contributed by atoms with van der Waals surface area (Å²) in [4.78, 5) is 11.7. The number of hydrazone groups is 1. The molecule has 0 aliphatic carbocycles. The third-order valence-corrected chi connectivity index (χ3v) is 3.65. The highest BCUT2D eigenvalue weighted by Crippen LogP contribution is 2.22. The van der Waals surface area contributed by atoms with Gasteiger partial charge in [-0.2, -0.15) is 5.10 Å². The first kappa shape index (κ1) is 16.3. The minimum absolute atomic E-state index is 0.141. The lowest BCUT2D eigenvalue weighted by Gasteiger charge is -2.06. The molecule has 1 amide bonds. The van der Waals surface area contributed by atoms with Crippen LogP contribution in [0.2, 0.25) is 10.0 Å². The van der Waals surface area contributed by atoms with Crippen molar-refractivity contribution in [3.8, 4) is 0 Å². The number of carbonyl (C=O) groups excluding carboxylic acids is 1. The highest BCUT2D eigenvalue weighted by atomic mass is 35.5. The fourth-order valence-corrected chi connectivity index (χ4v) is 2.01. The molecule has 2 aromatic rings. The van der Waals surface area contributed by atoms with Gasteiger partial charge in [-0.05, 0) is 36.8 Å². The normalized spacial score (nSPS) is 11.1. The van der Waals surface area contributed by atoms with Crippen LogP contribution in [0.15, 0.2) is 53.6 Å². The van der Waals surface area contributed by atoms with Gasteiger partial charge in [-0.25, -0.2) is 5.43 Å². The molecule has 0 saturated carbocycles. The monoisotopic (exact) mass is 335 g/mol. The number of halogens is 2. The summed E-state index contributed by atoms with van der Waals surface area (Å²) < 4.78 is 0. The summed E-state index contributed by atoms with van der Waals surface area (Å²) in [6.45, 7) is 1.92. The Morgan fingerprint density at radius 2 is 1.82 bits per heavy atom. The van der Waals surface area contributed by atoms with Gasteiger partial charge in [0, 0.05) is 5.69 Å². The van der Waals surface area contributed by atoms with Crippen LogP contribution in [0.25, 0.3) is 0 Å². The van der Waals surface area contributed by atoms with Crippen molar-refractivity contribution in [1.82, 2.24) is 5.43 Å². The van der Waals surface area contributed by atoms with Gasteiger partial charge in [-0.1, -0.05) is 47.5 Å². The van der Waals surface area contributed by atoms with Crippen molar-refractivity contribution in [2.24, 2.45) is 5.10 Å². The summed E-state index contributed by atoms with van der Waals surface area (Å²) in [5, 5.41) is 7.99. The van der Waals surface area contributed by atoms with Gasteiger partial charge in [0.15, 0.2) is 0 Å². The Labute approximate surface area is 139 Å². The number of benzene rings is 2. The SMILES string of the molecule is C/C(=N\NC(=O)CNc1ccccc1)c1ccc(Cl)c(Cl)c1. The van der Waals surface area contributed by atoms with Crippen LogP contribution in [0.4, 0.5) is 5.69 Å². The largest absolute Gasteiger partial charge is 0.376 e. The van der Waals surface area contributed by atoms with Crippen LogP contribution >= 0.6 is 23.2 Å². The first-order chi connectivity index (χ1) is 10.6. The van der Waals surface area contributed by atoms with E-state index < -0.39 is 0 Å². The molecule has 114 valence electrons. The molecule has 0 radical (unpaired) electrons. The van der Waals surface area contributed by atoms with Gasteiger partial charge in [-0.15, -0.1) is 0 Å². The molecule has 0 bridgehead atoms. The average Bonchev–Trinajstić information content (AvgIpc) is 2.54. The first-order valence-corrected chi connectivity index (χ1v) is 7.39. The quantitative estimate of drug-likeness (QED) is 0.642. The molecule has 0 aromatic heterocycles. The van der Waals surface area contributed by atoms with E-state index in [0.29, 0.717) is 15.8 Å². The van der Waals surface area contributed by atoms with Crippen molar-refractivity contribution in [1.29, 1.82) is 0 Å². The topological polar surface area (TPSA) is 53.5 Å². The highest BCUT2D eigenvalue weighted by molar-refractivity contribution is 6.42. The zero-order chi connectivity index (χ0) is 15.9. The molecule has 0 saturated heterocycles. The molecular weight excluding hydrogens is 321 g/mol. The van der Waals surface area contributed by atoms with Gasteiger partial charge in [0.2, 0.25) is 0 Å². The number of nitrogens with zero attached hydrogens (tertiary/aromatic N) is 1. The van der Waals surface area contributed by atoms with E-state index >= 15 is 0 Å².